The lowest BCUT2D eigenvalue weighted by Crippen LogP contribution is -2.44. The van der Waals surface area contributed by atoms with Gasteiger partial charge in [0.2, 0.25) is 0 Å². The first kappa shape index (κ1) is 17.4. The van der Waals surface area contributed by atoms with Crippen molar-refractivity contribution in [2.24, 2.45) is 0 Å². The monoisotopic (exact) mass is 397 g/mol. The van der Waals surface area contributed by atoms with Gasteiger partial charge in [-0.1, -0.05) is 12.1 Å². The van der Waals surface area contributed by atoms with E-state index in [0.717, 1.165) is 54.4 Å². The minimum Gasteiger partial charge on any atom is -0.332 e. The molecular weight excluding hydrogens is 374 g/mol. The van der Waals surface area contributed by atoms with Crippen molar-refractivity contribution in [1.82, 2.24) is 24.6 Å². The summed E-state index contributed by atoms with van der Waals surface area (Å²) in [5.41, 5.74) is 4.27. The number of pyridine rings is 1. The second-order valence-electron chi connectivity index (χ2n) is 8.33. The van der Waals surface area contributed by atoms with Gasteiger partial charge in [0, 0.05) is 41.1 Å². The highest BCUT2D eigenvalue weighted by Gasteiger charge is 2.39. The summed E-state index contributed by atoms with van der Waals surface area (Å²) in [5.74, 6) is 1.01. The molecule has 1 saturated carbocycles. The number of amides is 1. The van der Waals surface area contributed by atoms with Crippen molar-refractivity contribution >= 4 is 16.8 Å². The lowest BCUT2D eigenvalue weighted by Gasteiger charge is -2.34. The summed E-state index contributed by atoms with van der Waals surface area (Å²) < 4.78 is 2.05. The molecule has 1 aromatic carbocycles. The number of hydrogen-bond donors (Lipinski definition) is 1. The first-order chi connectivity index (χ1) is 14.8. The number of aromatic amines is 1. The summed E-state index contributed by atoms with van der Waals surface area (Å²) >= 11 is 0. The third-order valence-electron chi connectivity index (χ3n) is 6.42. The van der Waals surface area contributed by atoms with Crippen LogP contribution in [0.5, 0.6) is 0 Å². The zero-order valence-electron chi connectivity index (χ0n) is 16.7. The van der Waals surface area contributed by atoms with Crippen molar-refractivity contribution in [3.8, 4) is 5.82 Å². The molecule has 1 fully saturated rings. The summed E-state index contributed by atoms with van der Waals surface area (Å²) in [6.45, 7) is 0. The van der Waals surface area contributed by atoms with E-state index >= 15 is 0 Å². The Morgan fingerprint density at radius 1 is 1.07 bits per heavy atom. The fourth-order valence-electron chi connectivity index (χ4n) is 4.81. The smallest absolute Gasteiger partial charge is 0.255 e. The molecule has 30 heavy (non-hydrogen) atoms. The predicted octanol–water partition coefficient (Wildman–Crippen LogP) is 3.91. The van der Waals surface area contributed by atoms with Crippen LogP contribution in [0.2, 0.25) is 0 Å². The molecule has 3 heterocycles. The standard InChI is InChI=1S/C24H23N5O/c30-24(29(17-7-8-17)18-9-10-21-16(14-18)15-26-27-21)20-4-3-5-22-19(20)11-13-28(22)23-6-1-2-12-25-23/h1-6,11-13,15,17-18H,7-10,14H2,(H,26,27). The van der Waals surface area contributed by atoms with Gasteiger partial charge in [0.25, 0.3) is 5.91 Å². The lowest BCUT2D eigenvalue weighted by molar-refractivity contribution is 0.0645. The molecule has 0 aliphatic heterocycles. The molecule has 0 bridgehead atoms. The number of rotatable bonds is 4. The zero-order chi connectivity index (χ0) is 20.1. The van der Waals surface area contributed by atoms with Crippen LogP contribution in [0.4, 0.5) is 0 Å². The highest BCUT2D eigenvalue weighted by molar-refractivity contribution is 6.07. The number of aryl methyl sites for hydroxylation is 1. The first-order valence-electron chi connectivity index (χ1n) is 10.6. The molecule has 4 aromatic rings. The Labute approximate surface area is 174 Å². The Morgan fingerprint density at radius 3 is 2.83 bits per heavy atom. The Balaban J connectivity index is 1.38. The van der Waals surface area contributed by atoms with E-state index in [1.165, 1.54) is 11.3 Å². The van der Waals surface area contributed by atoms with Gasteiger partial charge < -0.3 is 9.47 Å². The Morgan fingerprint density at radius 2 is 2.00 bits per heavy atom. The molecule has 6 nitrogen and oxygen atoms in total. The average Bonchev–Trinajstić information content (AvgIpc) is 3.34. The Bertz CT molecular complexity index is 1220. The van der Waals surface area contributed by atoms with E-state index in [4.69, 9.17) is 0 Å². The fourth-order valence-corrected chi connectivity index (χ4v) is 4.81. The largest absolute Gasteiger partial charge is 0.332 e. The van der Waals surface area contributed by atoms with E-state index < -0.39 is 0 Å². The van der Waals surface area contributed by atoms with Crippen molar-refractivity contribution in [1.29, 1.82) is 0 Å². The molecule has 6 heteroatoms. The number of hydrogen-bond acceptors (Lipinski definition) is 3. The summed E-state index contributed by atoms with van der Waals surface area (Å²) in [6, 6.07) is 14.5. The van der Waals surface area contributed by atoms with Gasteiger partial charge in [-0.2, -0.15) is 5.10 Å². The number of carbonyl (C=O) groups is 1. The van der Waals surface area contributed by atoms with E-state index in [-0.39, 0.29) is 11.9 Å². The number of aromatic nitrogens is 4. The van der Waals surface area contributed by atoms with Crippen LogP contribution in [0, 0.1) is 0 Å². The lowest BCUT2D eigenvalue weighted by atomic mass is 9.91. The van der Waals surface area contributed by atoms with Gasteiger partial charge in [-0.3, -0.25) is 9.89 Å². The van der Waals surface area contributed by atoms with Crippen LogP contribution in [0.1, 0.15) is 40.9 Å². The molecule has 1 amide bonds. The maximum absolute atomic E-state index is 13.8. The van der Waals surface area contributed by atoms with E-state index in [9.17, 15) is 4.79 Å². The van der Waals surface area contributed by atoms with Crippen LogP contribution in [0.15, 0.2) is 61.1 Å². The van der Waals surface area contributed by atoms with Gasteiger partial charge in [0.05, 0.1) is 11.7 Å². The van der Waals surface area contributed by atoms with Crippen LogP contribution < -0.4 is 0 Å². The normalized spacial score (nSPS) is 18.3. The molecular formula is C24H23N5O. The van der Waals surface area contributed by atoms with Gasteiger partial charge in [-0.15, -0.1) is 0 Å². The summed E-state index contributed by atoms with van der Waals surface area (Å²) in [6.07, 6.45) is 10.8. The summed E-state index contributed by atoms with van der Waals surface area (Å²) in [7, 11) is 0. The predicted molar refractivity (Wildman–Crippen MR) is 115 cm³/mol. The van der Waals surface area contributed by atoms with Crippen molar-refractivity contribution in [2.75, 3.05) is 0 Å². The molecule has 0 spiro atoms. The Kier molecular flexibility index (Phi) is 3.97. The van der Waals surface area contributed by atoms with E-state index in [0.29, 0.717) is 6.04 Å². The second kappa shape index (κ2) is 6.83. The number of benzene rings is 1. The number of carbonyl (C=O) groups excluding carboxylic acids is 1. The second-order valence-corrected chi connectivity index (χ2v) is 8.33. The number of nitrogens with zero attached hydrogens (tertiary/aromatic N) is 4. The Hall–Kier alpha value is -3.41. The molecule has 150 valence electrons. The number of fused-ring (bicyclic) bond motifs is 2. The van der Waals surface area contributed by atoms with Crippen LogP contribution in [-0.2, 0) is 12.8 Å². The van der Waals surface area contributed by atoms with Gasteiger partial charge in [0.15, 0.2) is 0 Å². The maximum atomic E-state index is 13.8. The van der Waals surface area contributed by atoms with Crippen LogP contribution in [0.3, 0.4) is 0 Å². The highest BCUT2D eigenvalue weighted by atomic mass is 16.2. The van der Waals surface area contributed by atoms with Crippen LogP contribution in [-0.4, -0.2) is 42.6 Å². The highest BCUT2D eigenvalue weighted by Crippen LogP contribution is 2.35. The zero-order valence-corrected chi connectivity index (χ0v) is 16.7. The molecule has 1 atom stereocenters. The van der Waals surface area contributed by atoms with E-state index in [2.05, 4.69) is 26.1 Å². The molecule has 6 rings (SSSR count). The van der Waals surface area contributed by atoms with E-state index in [1.807, 2.05) is 53.4 Å². The molecule has 3 aromatic heterocycles. The maximum Gasteiger partial charge on any atom is 0.255 e. The van der Waals surface area contributed by atoms with Gasteiger partial charge >= 0.3 is 0 Å². The fraction of sp³-hybridized carbons (Fsp3) is 0.292. The molecule has 1 unspecified atom stereocenters. The third kappa shape index (κ3) is 2.83. The van der Waals surface area contributed by atoms with Crippen molar-refractivity contribution in [2.45, 2.75) is 44.2 Å². The minimum absolute atomic E-state index is 0.152. The van der Waals surface area contributed by atoms with Gasteiger partial charge in [0.1, 0.15) is 5.82 Å². The molecule has 2 aliphatic carbocycles. The topological polar surface area (TPSA) is 66.8 Å². The van der Waals surface area contributed by atoms with Crippen LogP contribution in [0.25, 0.3) is 16.7 Å². The SMILES string of the molecule is O=C(c1cccc2c1ccn2-c1ccccn1)N(C1CC1)C1CCc2[nH]ncc2C1. The molecule has 0 radical (unpaired) electrons. The summed E-state index contributed by atoms with van der Waals surface area (Å²) in [5, 5.41) is 8.28. The molecule has 2 aliphatic rings. The minimum atomic E-state index is 0.152. The van der Waals surface area contributed by atoms with Gasteiger partial charge in [-0.25, -0.2) is 4.98 Å². The summed E-state index contributed by atoms with van der Waals surface area (Å²) in [4.78, 5) is 20.5. The molecule has 0 saturated heterocycles. The number of H-pyrrole nitrogens is 1. The van der Waals surface area contributed by atoms with Gasteiger partial charge in [-0.05, 0) is 68.0 Å². The average molecular weight is 397 g/mol. The number of nitrogens with one attached hydrogen (secondary N) is 1. The van der Waals surface area contributed by atoms with Crippen molar-refractivity contribution in [3.63, 3.8) is 0 Å². The molecule has 1 N–H and O–H groups in total. The van der Waals surface area contributed by atoms with Crippen molar-refractivity contribution < 1.29 is 4.79 Å². The first-order valence-corrected chi connectivity index (χ1v) is 10.6. The quantitative estimate of drug-likeness (QED) is 0.568. The van der Waals surface area contributed by atoms with Crippen molar-refractivity contribution in [3.05, 3.63) is 77.9 Å². The third-order valence-corrected chi connectivity index (χ3v) is 6.42. The van der Waals surface area contributed by atoms with Crippen LogP contribution >= 0.6 is 0 Å². The van der Waals surface area contributed by atoms with E-state index in [1.54, 1.807) is 6.20 Å².